The van der Waals surface area contributed by atoms with Gasteiger partial charge in [-0.25, -0.2) is 0 Å². The number of nitrogens with two attached hydrogens (primary N) is 1. The van der Waals surface area contributed by atoms with Crippen LogP contribution in [0.25, 0.3) is 0 Å². The van der Waals surface area contributed by atoms with Crippen molar-refractivity contribution in [2.75, 3.05) is 13.1 Å². The summed E-state index contributed by atoms with van der Waals surface area (Å²) in [5, 5.41) is 0. The van der Waals surface area contributed by atoms with Crippen LogP contribution >= 0.6 is 0 Å². The van der Waals surface area contributed by atoms with E-state index in [2.05, 4.69) is 4.98 Å². The Balaban J connectivity index is 2.05. The number of carbonyl (C=O) groups excluding carboxylic acids is 1. The molecule has 1 amide bonds. The molecular weight excluding hydrogens is 202 g/mol. The number of pyridine rings is 1. The Bertz CT molecular complexity index is 366. The molecule has 2 atom stereocenters. The molecule has 1 saturated heterocycles. The van der Waals surface area contributed by atoms with Gasteiger partial charge in [0.25, 0.3) is 0 Å². The maximum Gasteiger partial charge on any atom is 0.229 e. The maximum atomic E-state index is 12.1. The Labute approximate surface area is 95.5 Å². The summed E-state index contributed by atoms with van der Waals surface area (Å²) in [7, 11) is 0. The highest BCUT2D eigenvalue weighted by atomic mass is 16.2. The van der Waals surface area contributed by atoms with Crippen LogP contribution in [0.1, 0.15) is 24.8 Å². The van der Waals surface area contributed by atoms with E-state index in [0.29, 0.717) is 6.54 Å². The zero-order chi connectivity index (χ0) is 11.5. The van der Waals surface area contributed by atoms with Crippen LogP contribution < -0.4 is 5.73 Å². The molecule has 16 heavy (non-hydrogen) atoms. The lowest BCUT2D eigenvalue weighted by Gasteiger charge is -2.20. The van der Waals surface area contributed by atoms with Crippen molar-refractivity contribution in [2.24, 2.45) is 5.73 Å². The lowest BCUT2D eigenvalue weighted by Crippen LogP contribution is -2.34. The summed E-state index contributed by atoms with van der Waals surface area (Å²) in [5.41, 5.74) is 6.76. The molecule has 0 radical (unpaired) electrons. The van der Waals surface area contributed by atoms with Gasteiger partial charge in [-0.3, -0.25) is 9.78 Å². The predicted molar refractivity (Wildman–Crippen MR) is 61.8 cm³/mol. The number of likely N-dealkylation sites (tertiary alicyclic amines) is 1. The molecule has 2 heterocycles. The molecule has 86 valence electrons. The third-order valence-electron chi connectivity index (χ3n) is 3.09. The topological polar surface area (TPSA) is 59.2 Å². The van der Waals surface area contributed by atoms with Crippen LogP contribution in [-0.4, -0.2) is 34.9 Å². The third-order valence-corrected chi connectivity index (χ3v) is 3.09. The van der Waals surface area contributed by atoms with Crippen molar-refractivity contribution < 1.29 is 4.79 Å². The summed E-state index contributed by atoms with van der Waals surface area (Å²) in [6.45, 7) is 3.39. The average Bonchev–Trinajstić information content (AvgIpc) is 2.75. The van der Waals surface area contributed by atoms with Crippen LogP contribution in [0.5, 0.6) is 0 Å². The van der Waals surface area contributed by atoms with Gasteiger partial charge in [0.05, 0.1) is 5.92 Å². The number of carbonyl (C=O) groups is 1. The van der Waals surface area contributed by atoms with E-state index < -0.39 is 0 Å². The van der Waals surface area contributed by atoms with Crippen molar-refractivity contribution in [3.63, 3.8) is 0 Å². The van der Waals surface area contributed by atoms with Gasteiger partial charge in [-0.15, -0.1) is 0 Å². The normalized spacial score (nSPS) is 22.1. The molecule has 0 bridgehead atoms. The monoisotopic (exact) mass is 219 g/mol. The van der Waals surface area contributed by atoms with Crippen LogP contribution in [0.4, 0.5) is 0 Å². The molecule has 1 aliphatic heterocycles. The second kappa shape index (κ2) is 4.61. The first kappa shape index (κ1) is 11.1. The number of hydrogen-bond donors (Lipinski definition) is 1. The molecule has 0 spiro atoms. The minimum atomic E-state index is -0.126. The number of rotatable bonds is 2. The minimum Gasteiger partial charge on any atom is -0.341 e. The molecular formula is C12H17N3O. The van der Waals surface area contributed by atoms with Crippen molar-refractivity contribution >= 4 is 5.91 Å². The molecule has 0 unspecified atom stereocenters. The van der Waals surface area contributed by atoms with Crippen molar-refractivity contribution in [1.29, 1.82) is 0 Å². The van der Waals surface area contributed by atoms with Crippen molar-refractivity contribution in [1.82, 2.24) is 9.88 Å². The summed E-state index contributed by atoms with van der Waals surface area (Å²) >= 11 is 0. The van der Waals surface area contributed by atoms with E-state index in [1.807, 2.05) is 24.0 Å². The smallest absolute Gasteiger partial charge is 0.229 e. The van der Waals surface area contributed by atoms with Crippen LogP contribution in [-0.2, 0) is 4.79 Å². The fourth-order valence-electron chi connectivity index (χ4n) is 2.04. The second-order valence-corrected chi connectivity index (χ2v) is 4.34. The van der Waals surface area contributed by atoms with Gasteiger partial charge in [0, 0.05) is 31.5 Å². The first-order valence-electron chi connectivity index (χ1n) is 5.63. The van der Waals surface area contributed by atoms with Gasteiger partial charge in [0.15, 0.2) is 0 Å². The Morgan fingerprint density at radius 1 is 1.69 bits per heavy atom. The lowest BCUT2D eigenvalue weighted by atomic mass is 10.0. The Morgan fingerprint density at radius 3 is 3.06 bits per heavy atom. The molecule has 0 aliphatic carbocycles. The number of amides is 1. The maximum absolute atomic E-state index is 12.1. The van der Waals surface area contributed by atoms with Gasteiger partial charge in [0.2, 0.25) is 5.91 Å². The molecule has 1 aliphatic rings. The van der Waals surface area contributed by atoms with E-state index in [4.69, 9.17) is 5.73 Å². The van der Waals surface area contributed by atoms with E-state index in [9.17, 15) is 4.79 Å². The largest absolute Gasteiger partial charge is 0.341 e. The highest BCUT2D eigenvalue weighted by Crippen LogP contribution is 2.19. The highest BCUT2D eigenvalue weighted by Gasteiger charge is 2.27. The summed E-state index contributed by atoms with van der Waals surface area (Å²) in [4.78, 5) is 18.0. The zero-order valence-corrected chi connectivity index (χ0v) is 9.47. The fourth-order valence-corrected chi connectivity index (χ4v) is 2.04. The standard InChI is InChI=1S/C12H17N3O/c1-9(10-3-2-5-14-7-10)12(16)15-6-4-11(13)8-15/h2-3,5,7,9,11H,4,6,8,13H2,1H3/t9-,11+/m0/s1. The van der Waals surface area contributed by atoms with Gasteiger partial charge in [-0.2, -0.15) is 0 Å². The SMILES string of the molecule is C[C@H](C(=O)N1CC[C@@H](N)C1)c1cccnc1. The van der Waals surface area contributed by atoms with Crippen molar-refractivity contribution in [2.45, 2.75) is 25.3 Å². The van der Waals surface area contributed by atoms with Gasteiger partial charge in [0.1, 0.15) is 0 Å². The van der Waals surface area contributed by atoms with Gasteiger partial charge < -0.3 is 10.6 Å². The van der Waals surface area contributed by atoms with E-state index in [-0.39, 0.29) is 17.9 Å². The molecule has 2 rings (SSSR count). The van der Waals surface area contributed by atoms with E-state index in [0.717, 1.165) is 18.5 Å². The number of hydrogen-bond acceptors (Lipinski definition) is 3. The minimum absolute atomic E-state index is 0.126. The first-order chi connectivity index (χ1) is 7.68. The average molecular weight is 219 g/mol. The van der Waals surface area contributed by atoms with E-state index in [1.54, 1.807) is 12.4 Å². The van der Waals surface area contributed by atoms with E-state index in [1.165, 1.54) is 0 Å². The molecule has 1 aromatic rings. The molecule has 1 fully saturated rings. The number of aromatic nitrogens is 1. The summed E-state index contributed by atoms with van der Waals surface area (Å²) < 4.78 is 0. The third kappa shape index (κ3) is 2.22. The molecule has 0 saturated carbocycles. The Morgan fingerprint density at radius 2 is 2.50 bits per heavy atom. The van der Waals surface area contributed by atoms with Gasteiger partial charge in [-0.1, -0.05) is 6.07 Å². The number of nitrogens with zero attached hydrogens (tertiary/aromatic N) is 2. The van der Waals surface area contributed by atoms with Gasteiger partial charge in [-0.05, 0) is 25.0 Å². The van der Waals surface area contributed by atoms with Crippen LogP contribution in [0, 0.1) is 0 Å². The van der Waals surface area contributed by atoms with Gasteiger partial charge >= 0.3 is 0 Å². The summed E-state index contributed by atoms with van der Waals surface area (Å²) in [6, 6.07) is 3.94. The molecule has 1 aromatic heterocycles. The lowest BCUT2D eigenvalue weighted by molar-refractivity contribution is -0.131. The molecule has 2 N–H and O–H groups in total. The Hall–Kier alpha value is -1.42. The second-order valence-electron chi connectivity index (χ2n) is 4.34. The molecule has 4 nitrogen and oxygen atoms in total. The van der Waals surface area contributed by atoms with Crippen LogP contribution in [0.15, 0.2) is 24.5 Å². The van der Waals surface area contributed by atoms with Crippen molar-refractivity contribution in [3.8, 4) is 0 Å². The van der Waals surface area contributed by atoms with Crippen molar-refractivity contribution in [3.05, 3.63) is 30.1 Å². The molecule has 0 aromatic carbocycles. The summed E-state index contributed by atoms with van der Waals surface area (Å²) in [6.07, 6.45) is 4.37. The fraction of sp³-hybridized carbons (Fsp3) is 0.500. The van der Waals surface area contributed by atoms with Crippen LogP contribution in [0.3, 0.4) is 0 Å². The quantitative estimate of drug-likeness (QED) is 0.798. The van der Waals surface area contributed by atoms with Crippen LogP contribution in [0.2, 0.25) is 0 Å². The highest BCUT2D eigenvalue weighted by molar-refractivity contribution is 5.83. The predicted octanol–water partition coefficient (Wildman–Crippen LogP) is 0.745. The first-order valence-corrected chi connectivity index (χ1v) is 5.63. The molecule has 4 heteroatoms. The van der Waals surface area contributed by atoms with E-state index >= 15 is 0 Å². The summed E-state index contributed by atoms with van der Waals surface area (Å²) in [5.74, 6) is 0.0277. The Kier molecular flexibility index (Phi) is 3.19. The zero-order valence-electron chi connectivity index (χ0n) is 9.47.